The molecular formula is C15H24N2O5. The van der Waals surface area contributed by atoms with Crippen molar-refractivity contribution in [2.75, 3.05) is 13.7 Å². The summed E-state index contributed by atoms with van der Waals surface area (Å²) in [5, 5.41) is 11.9. The molecule has 2 amide bonds. The Balaban J connectivity index is 2.13. The fraction of sp³-hybridized carbons (Fsp3) is 0.800. The number of nitrogens with zero attached hydrogens (tertiary/aromatic N) is 1. The average molecular weight is 312 g/mol. The number of nitrogens with one attached hydrogen (secondary N) is 1. The first-order chi connectivity index (χ1) is 10.5. The van der Waals surface area contributed by atoms with Crippen molar-refractivity contribution in [3.63, 3.8) is 0 Å². The summed E-state index contributed by atoms with van der Waals surface area (Å²) in [6.45, 7) is 0.432. The van der Waals surface area contributed by atoms with E-state index >= 15 is 0 Å². The summed E-state index contributed by atoms with van der Waals surface area (Å²) in [4.78, 5) is 37.1. The molecule has 0 aromatic carbocycles. The predicted molar refractivity (Wildman–Crippen MR) is 78.3 cm³/mol. The van der Waals surface area contributed by atoms with Gasteiger partial charge in [-0.15, -0.1) is 0 Å². The summed E-state index contributed by atoms with van der Waals surface area (Å²) < 4.78 is 4.62. The lowest BCUT2D eigenvalue weighted by Crippen LogP contribution is -2.54. The third kappa shape index (κ3) is 3.69. The zero-order valence-corrected chi connectivity index (χ0v) is 12.9. The Labute approximate surface area is 130 Å². The number of carbonyl (C=O) groups is 3. The highest BCUT2D eigenvalue weighted by atomic mass is 16.5. The molecule has 2 rings (SSSR count). The van der Waals surface area contributed by atoms with E-state index < -0.39 is 24.1 Å². The van der Waals surface area contributed by atoms with Crippen LogP contribution in [0.1, 0.15) is 44.9 Å². The topological polar surface area (TPSA) is 95.9 Å². The van der Waals surface area contributed by atoms with Gasteiger partial charge in [-0.05, 0) is 31.6 Å². The molecule has 1 saturated carbocycles. The van der Waals surface area contributed by atoms with E-state index in [1.165, 1.54) is 12.0 Å². The number of hydrogen-bond acceptors (Lipinski definition) is 4. The molecule has 2 atom stereocenters. The van der Waals surface area contributed by atoms with Gasteiger partial charge in [-0.3, -0.25) is 4.79 Å². The van der Waals surface area contributed by atoms with Gasteiger partial charge in [-0.1, -0.05) is 19.3 Å². The van der Waals surface area contributed by atoms with Crippen molar-refractivity contribution < 1.29 is 24.2 Å². The van der Waals surface area contributed by atoms with Gasteiger partial charge < -0.3 is 20.1 Å². The van der Waals surface area contributed by atoms with Crippen LogP contribution in [0.2, 0.25) is 0 Å². The number of methoxy groups -OCH3 is 1. The van der Waals surface area contributed by atoms with Crippen LogP contribution in [0.15, 0.2) is 0 Å². The van der Waals surface area contributed by atoms with Gasteiger partial charge >= 0.3 is 12.1 Å². The van der Waals surface area contributed by atoms with Crippen LogP contribution < -0.4 is 5.32 Å². The molecule has 1 heterocycles. The Morgan fingerprint density at radius 2 is 1.82 bits per heavy atom. The summed E-state index contributed by atoms with van der Waals surface area (Å²) in [6.07, 6.45) is 5.43. The van der Waals surface area contributed by atoms with Crippen molar-refractivity contribution in [2.45, 2.75) is 57.0 Å². The zero-order valence-electron chi connectivity index (χ0n) is 12.9. The molecule has 7 nitrogen and oxygen atoms in total. The highest BCUT2D eigenvalue weighted by molar-refractivity contribution is 5.90. The van der Waals surface area contributed by atoms with Crippen LogP contribution in [-0.4, -0.2) is 53.7 Å². The number of carbonyl (C=O) groups excluding carboxylic acids is 2. The van der Waals surface area contributed by atoms with Crippen molar-refractivity contribution in [3.05, 3.63) is 0 Å². The SMILES string of the molecule is COC(=O)N[C@H](C(=O)N1CCC[C@H]1C(=O)O)C1CCCCC1. The molecule has 7 heteroatoms. The fourth-order valence-electron chi connectivity index (χ4n) is 3.50. The number of rotatable bonds is 4. The first-order valence-corrected chi connectivity index (χ1v) is 7.92. The highest BCUT2D eigenvalue weighted by Gasteiger charge is 2.40. The number of alkyl carbamates (subject to hydrolysis) is 1. The van der Waals surface area contributed by atoms with Crippen LogP contribution in [0, 0.1) is 5.92 Å². The molecule has 0 bridgehead atoms. The van der Waals surface area contributed by atoms with Gasteiger partial charge in [0.25, 0.3) is 0 Å². The number of hydrogen-bond donors (Lipinski definition) is 2. The molecule has 0 radical (unpaired) electrons. The molecule has 2 fully saturated rings. The van der Waals surface area contributed by atoms with E-state index in [-0.39, 0.29) is 11.8 Å². The van der Waals surface area contributed by atoms with Crippen molar-refractivity contribution in [3.8, 4) is 0 Å². The van der Waals surface area contributed by atoms with Gasteiger partial charge in [-0.2, -0.15) is 0 Å². The van der Waals surface area contributed by atoms with Crippen LogP contribution in [0.4, 0.5) is 4.79 Å². The zero-order chi connectivity index (χ0) is 16.1. The van der Waals surface area contributed by atoms with Crippen LogP contribution in [-0.2, 0) is 14.3 Å². The standard InChI is InChI=1S/C15H24N2O5/c1-22-15(21)16-12(10-6-3-2-4-7-10)13(18)17-9-5-8-11(17)14(19)20/h10-12H,2-9H2,1H3,(H,16,21)(H,19,20)/t11-,12-/m0/s1. The Hall–Kier alpha value is -1.79. The molecule has 1 aliphatic heterocycles. The molecule has 2 N–H and O–H groups in total. The van der Waals surface area contributed by atoms with E-state index in [2.05, 4.69) is 10.1 Å². The molecule has 1 saturated heterocycles. The minimum atomic E-state index is -0.980. The minimum Gasteiger partial charge on any atom is -0.480 e. The summed E-state index contributed by atoms with van der Waals surface area (Å²) in [7, 11) is 1.26. The first kappa shape index (κ1) is 16.6. The number of likely N-dealkylation sites (tertiary alicyclic amines) is 1. The maximum atomic E-state index is 12.8. The number of carboxylic acids is 1. The average Bonchev–Trinajstić information content (AvgIpc) is 3.02. The lowest BCUT2D eigenvalue weighted by molar-refractivity contribution is -0.149. The maximum absolute atomic E-state index is 12.8. The monoisotopic (exact) mass is 312 g/mol. The number of amides is 2. The van der Waals surface area contributed by atoms with Crippen LogP contribution in [0.5, 0.6) is 0 Å². The molecule has 0 spiro atoms. The number of ether oxygens (including phenoxy) is 1. The largest absolute Gasteiger partial charge is 0.480 e. The summed E-state index contributed by atoms with van der Waals surface area (Å²) >= 11 is 0. The summed E-state index contributed by atoms with van der Waals surface area (Å²) in [5.41, 5.74) is 0. The fourth-order valence-corrected chi connectivity index (χ4v) is 3.50. The van der Waals surface area contributed by atoms with E-state index in [0.717, 1.165) is 32.1 Å². The van der Waals surface area contributed by atoms with Gasteiger partial charge in [0, 0.05) is 6.54 Å². The van der Waals surface area contributed by atoms with E-state index in [1.807, 2.05) is 0 Å². The second-order valence-corrected chi connectivity index (χ2v) is 6.04. The normalized spacial score (nSPS) is 23.9. The molecule has 22 heavy (non-hydrogen) atoms. The van der Waals surface area contributed by atoms with Crippen LogP contribution >= 0.6 is 0 Å². The molecule has 0 aromatic rings. The maximum Gasteiger partial charge on any atom is 0.407 e. The molecule has 0 aromatic heterocycles. The van der Waals surface area contributed by atoms with Gasteiger partial charge in [-0.25, -0.2) is 9.59 Å². The molecule has 124 valence electrons. The Bertz CT molecular complexity index is 434. The smallest absolute Gasteiger partial charge is 0.407 e. The van der Waals surface area contributed by atoms with Crippen molar-refractivity contribution >= 4 is 18.0 Å². The first-order valence-electron chi connectivity index (χ1n) is 7.92. The van der Waals surface area contributed by atoms with Crippen molar-refractivity contribution in [2.24, 2.45) is 5.92 Å². The predicted octanol–water partition coefficient (Wildman–Crippen LogP) is 1.37. The molecular weight excluding hydrogens is 288 g/mol. The molecule has 2 aliphatic rings. The van der Waals surface area contributed by atoms with E-state index in [9.17, 15) is 19.5 Å². The second kappa shape index (κ2) is 7.47. The van der Waals surface area contributed by atoms with Crippen molar-refractivity contribution in [1.82, 2.24) is 10.2 Å². The lowest BCUT2D eigenvalue weighted by Gasteiger charge is -2.33. The summed E-state index contributed by atoms with van der Waals surface area (Å²) in [6, 6.07) is -1.47. The van der Waals surface area contributed by atoms with Crippen molar-refractivity contribution in [1.29, 1.82) is 0 Å². The second-order valence-electron chi connectivity index (χ2n) is 6.04. The van der Waals surface area contributed by atoms with Gasteiger partial charge in [0.15, 0.2) is 0 Å². The van der Waals surface area contributed by atoms with Gasteiger partial charge in [0.1, 0.15) is 12.1 Å². The quantitative estimate of drug-likeness (QED) is 0.817. The summed E-state index contributed by atoms with van der Waals surface area (Å²) in [5.74, 6) is -1.22. The van der Waals surface area contributed by atoms with E-state index in [1.54, 1.807) is 0 Å². The van der Waals surface area contributed by atoms with E-state index in [0.29, 0.717) is 19.4 Å². The van der Waals surface area contributed by atoms with E-state index in [4.69, 9.17) is 0 Å². The van der Waals surface area contributed by atoms with Crippen LogP contribution in [0.25, 0.3) is 0 Å². The Kier molecular flexibility index (Phi) is 5.63. The number of carboxylic acid groups (broad SMARTS) is 1. The Morgan fingerprint density at radius 1 is 1.14 bits per heavy atom. The minimum absolute atomic E-state index is 0.0513. The van der Waals surface area contributed by atoms with Crippen LogP contribution in [0.3, 0.4) is 0 Å². The third-order valence-corrected chi connectivity index (χ3v) is 4.67. The van der Waals surface area contributed by atoms with Gasteiger partial charge in [0.2, 0.25) is 5.91 Å². The lowest BCUT2D eigenvalue weighted by atomic mass is 9.83. The molecule has 0 unspecified atom stereocenters. The third-order valence-electron chi connectivity index (χ3n) is 4.67. The number of aliphatic carboxylic acids is 1. The Morgan fingerprint density at radius 3 is 2.41 bits per heavy atom. The molecule has 1 aliphatic carbocycles. The highest BCUT2D eigenvalue weighted by Crippen LogP contribution is 2.29. The van der Waals surface area contributed by atoms with Gasteiger partial charge in [0.05, 0.1) is 7.11 Å².